The molecule has 29 heavy (non-hydrogen) atoms. The monoisotopic (exact) mass is 400 g/mol. The van der Waals surface area contributed by atoms with Crippen LogP contribution in [-0.2, 0) is 14.3 Å². The lowest BCUT2D eigenvalue weighted by atomic mass is 10.1. The molecular weight excluding hydrogens is 380 g/mol. The Balaban J connectivity index is 1.45. The van der Waals surface area contributed by atoms with Gasteiger partial charge in [-0.05, 0) is 48.4 Å². The average Bonchev–Trinajstić information content (AvgIpc) is 3.21. The zero-order valence-corrected chi connectivity index (χ0v) is 15.6. The Hall–Kier alpha value is -3.59. The van der Waals surface area contributed by atoms with Gasteiger partial charge in [0.05, 0.1) is 18.8 Å². The van der Waals surface area contributed by atoms with Crippen molar-refractivity contribution in [2.45, 2.75) is 12.5 Å². The number of hydrogen-bond donors (Lipinski definition) is 3. The second kappa shape index (κ2) is 9.07. The molecule has 152 valence electrons. The molecule has 1 aliphatic rings. The fraction of sp³-hybridized carbons (Fsp3) is 0.250. The molecule has 0 saturated heterocycles. The predicted molar refractivity (Wildman–Crippen MR) is 102 cm³/mol. The molecule has 0 fully saturated rings. The normalized spacial score (nSPS) is 12.8. The molecular formula is C20H20N2O7. The fourth-order valence-electron chi connectivity index (χ4n) is 2.69. The maximum Gasteiger partial charge on any atom is 0.337 e. The van der Waals surface area contributed by atoms with Crippen LogP contribution in [0.5, 0.6) is 11.5 Å². The maximum atomic E-state index is 12.0. The first-order valence-electron chi connectivity index (χ1n) is 8.83. The van der Waals surface area contributed by atoms with Gasteiger partial charge < -0.3 is 30.0 Å². The molecule has 1 unspecified atom stereocenters. The van der Waals surface area contributed by atoms with Crippen molar-refractivity contribution < 1.29 is 33.7 Å². The van der Waals surface area contributed by atoms with Crippen LogP contribution in [0, 0.1) is 0 Å². The lowest BCUT2D eigenvalue weighted by Crippen LogP contribution is -2.36. The van der Waals surface area contributed by atoms with E-state index in [4.69, 9.17) is 9.47 Å². The van der Waals surface area contributed by atoms with Gasteiger partial charge in [-0.15, -0.1) is 0 Å². The summed E-state index contributed by atoms with van der Waals surface area (Å²) in [6.07, 6.45) is -0.620. The van der Waals surface area contributed by atoms with Crippen LogP contribution in [0.3, 0.4) is 0 Å². The molecule has 0 radical (unpaired) electrons. The summed E-state index contributed by atoms with van der Waals surface area (Å²) in [5.74, 6) is -1.01. The number of ether oxygens (including phenoxy) is 3. The number of nitrogens with one attached hydrogen (secondary N) is 2. The Labute approximate surface area is 166 Å². The minimum absolute atomic E-state index is 0.100. The number of amides is 2. The molecule has 2 amide bonds. The standard InChI is InChI=1S/C20H20N2O7/c1-27-20(26)12-2-5-14(6-3-12)22-19(25)18(24)21-9-8-15(23)13-4-7-16-17(10-13)29-11-28-16/h2-7,10,15,23H,8-9,11H2,1H3,(H,21,24)(H,22,25). The zero-order valence-electron chi connectivity index (χ0n) is 15.6. The van der Waals surface area contributed by atoms with Gasteiger partial charge >= 0.3 is 17.8 Å². The summed E-state index contributed by atoms with van der Waals surface area (Å²) in [7, 11) is 1.27. The van der Waals surface area contributed by atoms with E-state index in [0.717, 1.165) is 0 Å². The molecule has 1 atom stereocenters. The van der Waals surface area contributed by atoms with Gasteiger partial charge in [0.2, 0.25) is 6.79 Å². The molecule has 0 aliphatic carbocycles. The van der Waals surface area contributed by atoms with Crippen molar-refractivity contribution in [2.75, 3.05) is 25.8 Å². The summed E-state index contributed by atoms with van der Waals surface area (Å²) in [6.45, 7) is 0.245. The fourth-order valence-corrected chi connectivity index (χ4v) is 2.69. The number of aliphatic hydroxyl groups excluding tert-OH is 1. The minimum atomic E-state index is -0.853. The SMILES string of the molecule is COC(=O)c1ccc(NC(=O)C(=O)NCCC(O)c2ccc3c(c2)OCO3)cc1. The number of hydrogen-bond acceptors (Lipinski definition) is 7. The van der Waals surface area contributed by atoms with Gasteiger partial charge in [0, 0.05) is 12.2 Å². The minimum Gasteiger partial charge on any atom is -0.465 e. The van der Waals surface area contributed by atoms with E-state index in [9.17, 15) is 19.5 Å². The van der Waals surface area contributed by atoms with E-state index >= 15 is 0 Å². The lowest BCUT2D eigenvalue weighted by Gasteiger charge is -2.12. The van der Waals surface area contributed by atoms with Gasteiger partial charge in [0.1, 0.15) is 0 Å². The molecule has 0 bridgehead atoms. The predicted octanol–water partition coefficient (Wildman–Crippen LogP) is 1.38. The first kappa shape index (κ1) is 20.2. The molecule has 3 rings (SSSR count). The lowest BCUT2D eigenvalue weighted by molar-refractivity contribution is -0.136. The van der Waals surface area contributed by atoms with Crippen molar-refractivity contribution in [1.82, 2.24) is 5.32 Å². The van der Waals surface area contributed by atoms with Crippen LogP contribution >= 0.6 is 0 Å². The maximum absolute atomic E-state index is 12.0. The highest BCUT2D eigenvalue weighted by Gasteiger charge is 2.18. The summed E-state index contributed by atoms with van der Waals surface area (Å²) < 4.78 is 15.1. The third kappa shape index (κ3) is 5.02. The summed E-state index contributed by atoms with van der Waals surface area (Å²) in [6, 6.07) is 11.0. The van der Waals surface area contributed by atoms with Crippen LogP contribution < -0.4 is 20.1 Å². The second-order valence-electron chi connectivity index (χ2n) is 6.20. The number of anilines is 1. The Morgan fingerprint density at radius 3 is 2.52 bits per heavy atom. The van der Waals surface area contributed by atoms with Gasteiger partial charge in [-0.1, -0.05) is 6.07 Å². The smallest absolute Gasteiger partial charge is 0.337 e. The number of benzene rings is 2. The number of aliphatic hydroxyl groups is 1. The molecule has 2 aromatic rings. The summed E-state index contributed by atoms with van der Waals surface area (Å²) in [5, 5.41) is 15.1. The molecule has 1 aliphatic heterocycles. The second-order valence-corrected chi connectivity index (χ2v) is 6.20. The Morgan fingerprint density at radius 2 is 1.79 bits per heavy atom. The Morgan fingerprint density at radius 1 is 1.07 bits per heavy atom. The third-order valence-corrected chi connectivity index (χ3v) is 4.25. The number of carbonyl (C=O) groups is 3. The van der Waals surface area contributed by atoms with Crippen molar-refractivity contribution in [3.05, 3.63) is 53.6 Å². The zero-order chi connectivity index (χ0) is 20.8. The molecule has 3 N–H and O–H groups in total. The third-order valence-electron chi connectivity index (χ3n) is 4.25. The number of esters is 1. The topological polar surface area (TPSA) is 123 Å². The van der Waals surface area contributed by atoms with Crippen LogP contribution in [-0.4, -0.2) is 43.3 Å². The van der Waals surface area contributed by atoms with E-state index in [0.29, 0.717) is 28.3 Å². The van der Waals surface area contributed by atoms with Crippen LogP contribution in [0.15, 0.2) is 42.5 Å². The molecule has 9 nitrogen and oxygen atoms in total. The highest BCUT2D eigenvalue weighted by Crippen LogP contribution is 2.34. The first-order valence-corrected chi connectivity index (χ1v) is 8.83. The van der Waals surface area contributed by atoms with Gasteiger partial charge in [-0.2, -0.15) is 0 Å². The van der Waals surface area contributed by atoms with E-state index in [1.807, 2.05) is 0 Å². The molecule has 0 saturated carbocycles. The van der Waals surface area contributed by atoms with E-state index in [1.54, 1.807) is 18.2 Å². The quantitative estimate of drug-likeness (QED) is 0.494. The molecule has 0 aromatic heterocycles. The average molecular weight is 400 g/mol. The number of rotatable bonds is 6. The molecule has 0 spiro atoms. The number of fused-ring (bicyclic) bond motifs is 1. The van der Waals surface area contributed by atoms with Gasteiger partial charge in [-0.25, -0.2) is 4.79 Å². The highest BCUT2D eigenvalue weighted by atomic mass is 16.7. The Bertz CT molecular complexity index is 912. The summed E-state index contributed by atoms with van der Waals surface area (Å²) in [5.41, 5.74) is 1.31. The van der Waals surface area contributed by atoms with Crippen molar-refractivity contribution in [2.24, 2.45) is 0 Å². The largest absolute Gasteiger partial charge is 0.465 e. The van der Waals surface area contributed by atoms with E-state index in [2.05, 4.69) is 15.4 Å². The number of carbonyl (C=O) groups excluding carboxylic acids is 3. The van der Waals surface area contributed by atoms with Crippen molar-refractivity contribution in [1.29, 1.82) is 0 Å². The Kier molecular flexibility index (Phi) is 6.30. The van der Waals surface area contributed by atoms with Crippen LogP contribution in [0.25, 0.3) is 0 Å². The van der Waals surface area contributed by atoms with Crippen molar-refractivity contribution >= 4 is 23.5 Å². The summed E-state index contributed by atoms with van der Waals surface area (Å²) in [4.78, 5) is 35.3. The molecule has 2 aromatic carbocycles. The van der Waals surface area contributed by atoms with Crippen molar-refractivity contribution in [3.8, 4) is 11.5 Å². The van der Waals surface area contributed by atoms with Crippen LogP contribution in [0.4, 0.5) is 5.69 Å². The summed E-state index contributed by atoms with van der Waals surface area (Å²) >= 11 is 0. The van der Waals surface area contributed by atoms with Crippen LogP contribution in [0.1, 0.15) is 28.4 Å². The van der Waals surface area contributed by atoms with Gasteiger partial charge in [0.25, 0.3) is 0 Å². The van der Waals surface area contributed by atoms with Gasteiger partial charge in [-0.3, -0.25) is 9.59 Å². The molecule has 1 heterocycles. The van der Waals surface area contributed by atoms with Crippen molar-refractivity contribution in [3.63, 3.8) is 0 Å². The van der Waals surface area contributed by atoms with Crippen LogP contribution in [0.2, 0.25) is 0 Å². The van der Waals surface area contributed by atoms with E-state index in [1.165, 1.54) is 31.4 Å². The highest BCUT2D eigenvalue weighted by molar-refractivity contribution is 6.39. The first-order chi connectivity index (χ1) is 14.0. The van der Waals surface area contributed by atoms with E-state index < -0.39 is 23.9 Å². The number of methoxy groups -OCH3 is 1. The van der Waals surface area contributed by atoms with E-state index in [-0.39, 0.29) is 19.8 Å². The van der Waals surface area contributed by atoms with Gasteiger partial charge in [0.15, 0.2) is 11.5 Å². The molecule has 9 heteroatoms.